The van der Waals surface area contributed by atoms with Crippen LogP contribution in [0, 0.1) is 23.2 Å². The van der Waals surface area contributed by atoms with E-state index < -0.39 is 0 Å². The minimum Gasteiger partial charge on any atom is -0.507 e. The molecule has 0 saturated heterocycles. The first-order chi connectivity index (χ1) is 6.27. The minimum atomic E-state index is -0.125. The molecule has 0 bridgehead atoms. The van der Waals surface area contributed by atoms with E-state index in [4.69, 9.17) is 5.26 Å². The van der Waals surface area contributed by atoms with Gasteiger partial charge < -0.3 is 5.11 Å². The highest BCUT2D eigenvalue weighted by Crippen LogP contribution is 2.15. The number of nitrogens with zero attached hydrogens (tertiary/aromatic N) is 1. The molecule has 0 aliphatic heterocycles. The van der Waals surface area contributed by atoms with Crippen LogP contribution in [0.25, 0.3) is 0 Å². The van der Waals surface area contributed by atoms with Crippen molar-refractivity contribution in [3.05, 3.63) is 29.3 Å². The van der Waals surface area contributed by atoms with Gasteiger partial charge in [0.2, 0.25) is 0 Å². The second-order valence-corrected chi connectivity index (χ2v) is 2.25. The van der Waals surface area contributed by atoms with E-state index in [1.54, 1.807) is 12.1 Å². The molecule has 0 atom stereocenters. The number of aromatic hydroxyl groups is 1. The average Bonchev–Trinajstić information content (AvgIpc) is 2.15. The van der Waals surface area contributed by atoms with Gasteiger partial charge in [0.25, 0.3) is 0 Å². The van der Waals surface area contributed by atoms with Crippen molar-refractivity contribution in [3.63, 3.8) is 0 Å². The molecule has 0 aliphatic carbocycles. The summed E-state index contributed by atoms with van der Waals surface area (Å²) in [6.45, 7) is 0. The Morgan fingerprint density at radius 1 is 1.46 bits per heavy atom. The maximum atomic E-state index is 10.3. The first-order valence-corrected chi connectivity index (χ1v) is 3.46. The van der Waals surface area contributed by atoms with E-state index in [0.717, 1.165) is 0 Å². The summed E-state index contributed by atoms with van der Waals surface area (Å²) in [7, 11) is 0. The van der Waals surface area contributed by atoms with Gasteiger partial charge in [-0.25, -0.2) is 0 Å². The normalized spacial score (nSPS) is 7.92. The molecule has 0 saturated carbocycles. The van der Waals surface area contributed by atoms with Crippen LogP contribution in [0.2, 0.25) is 0 Å². The predicted molar refractivity (Wildman–Crippen MR) is 46.0 cm³/mol. The summed E-state index contributed by atoms with van der Waals surface area (Å²) in [5, 5.41) is 17.4. The van der Waals surface area contributed by atoms with Crippen molar-refractivity contribution in [3.8, 4) is 23.7 Å². The third kappa shape index (κ3) is 2.08. The van der Waals surface area contributed by atoms with Crippen molar-refractivity contribution in [2.75, 3.05) is 0 Å². The fraction of sp³-hybridized carbons (Fsp3) is 0. The van der Waals surface area contributed by atoms with Gasteiger partial charge in [-0.05, 0) is 18.2 Å². The fourth-order valence-electron chi connectivity index (χ4n) is 0.821. The maximum absolute atomic E-state index is 10.3. The summed E-state index contributed by atoms with van der Waals surface area (Å²) in [5.41, 5.74) is 0.715. The Balaban J connectivity index is 3.11. The Kier molecular flexibility index (Phi) is 2.68. The van der Waals surface area contributed by atoms with Gasteiger partial charge in [-0.2, -0.15) is 5.26 Å². The molecule has 13 heavy (non-hydrogen) atoms. The Labute approximate surface area is 75.2 Å². The van der Waals surface area contributed by atoms with Gasteiger partial charge in [0.1, 0.15) is 5.75 Å². The van der Waals surface area contributed by atoms with Gasteiger partial charge in [0, 0.05) is 11.5 Å². The predicted octanol–water partition coefficient (Wildman–Crippen LogP) is 1.08. The molecule has 3 nitrogen and oxygen atoms in total. The van der Waals surface area contributed by atoms with E-state index in [9.17, 15) is 9.90 Å². The van der Waals surface area contributed by atoms with Crippen LogP contribution in [-0.4, -0.2) is 11.4 Å². The monoisotopic (exact) mass is 171 g/mol. The topological polar surface area (TPSA) is 61.1 Å². The Bertz CT molecular complexity index is 432. The quantitative estimate of drug-likeness (QED) is 0.508. The standard InChI is InChI=1S/C10H5NO2/c11-5-1-2-8-3-4-9(7-12)10(13)6-8/h3-4,6-7,13H. The number of carbonyl (C=O) groups excluding carboxylic acids is 1. The third-order valence-electron chi connectivity index (χ3n) is 1.42. The van der Waals surface area contributed by atoms with Crippen LogP contribution in [0.4, 0.5) is 0 Å². The number of rotatable bonds is 1. The SMILES string of the molecule is N#CC#Cc1ccc(C=O)c(O)c1. The average molecular weight is 171 g/mol. The van der Waals surface area contributed by atoms with Gasteiger partial charge in [0.15, 0.2) is 12.4 Å². The lowest BCUT2D eigenvalue weighted by Gasteiger charge is -1.95. The largest absolute Gasteiger partial charge is 0.507 e. The number of hydrogen-bond acceptors (Lipinski definition) is 3. The third-order valence-corrected chi connectivity index (χ3v) is 1.42. The molecule has 1 N–H and O–H groups in total. The second kappa shape index (κ2) is 3.94. The second-order valence-electron chi connectivity index (χ2n) is 2.25. The molecule has 0 unspecified atom stereocenters. The zero-order valence-corrected chi connectivity index (χ0v) is 6.61. The number of nitriles is 1. The van der Waals surface area contributed by atoms with Gasteiger partial charge in [-0.15, -0.1) is 0 Å². The first-order valence-electron chi connectivity index (χ1n) is 3.46. The summed E-state index contributed by atoms with van der Waals surface area (Å²) < 4.78 is 0. The van der Waals surface area contributed by atoms with Gasteiger partial charge in [0.05, 0.1) is 5.56 Å². The molecular weight excluding hydrogens is 166 g/mol. The molecule has 1 aromatic carbocycles. The van der Waals surface area contributed by atoms with Gasteiger partial charge >= 0.3 is 0 Å². The summed E-state index contributed by atoms with van der Waals surface area (Å²) in [6, 6.07) is 6.00. The molecule has 0 fully saturated rings. The van der Waals surface area contributed by atoms with Crippen LogP contribution in [0.3, 0.4) is 0 Å². The van der Waals surface area contributed by atoms with Crippen LogP contribution in [0.1, 0.15) is 15.9 Å². The highest BCUT2D eigenvalue weighted by Gasteiger charge is 1.98. The summed E-state index contributed by atoms with van der Waals surface area (Å²) >= 11 is 0. The van der Waals surface area contributed by atoms with E-state index in [2.05, 4.69) is 11.8 Å². The zero-order valence-electron chi connectivity index (χ0n) is 6.61. The van der Waals surface area contributed by atoms with Gasteiger partial charge in [-0.1, -0.05) is 5.92 Å². The molecule has 3 heteroatoms. The molecule has 0 aromatic heterocycles. The molecule has 62 valence electrons. The van der Waals surface area contributed by atoms with Crippen molar-refractivity contribution >= 4 is 6.29 Å². The molecular formula is C10H5NO2. The smallest absolute Gasteiger partial charge is 0.153 e. The van der Waals surface area contributed by atoms with Gasteiger partial charge in [-0.3, -0.25) is 4.79 Å². The zero-order chi connectivity index (χ0) is 9.68. The van der Waals surface area contributed by atoms with E-state index in [1.807, 2.05) is 0 Å². The van der Waals surface area contributed by atoms with Crippen molar-refractivity contribution in [1.82, 2.24) is 0 Å². The number of phenols is 1. The number of benzene rings is 1. The van der Waals surface area contributed by atoms with Crippen LogP contribution in [0.5, 0.6) is 5.75 Å². The van der Waals surface area contributed by atoms with Crippen molar-refractivity contribution in [1.29, 1.82) is 5.26 Å². The molecule has 0 radical (unpaired) electrons. The van der Waals surface area contributed by atoms with Crippen molar-refractivity contribution in [2.24, 2.45) is 0 Å². The Hall–Kier alpha value is -2.26. The fourth-order valence-corrected chi connectivity index (χ4v) is 0.821. The molecule has 0 amide bonds. The van der Waals surface area contributed by atoms with Crippen LogP contribution in [0.15, 0.2) is 18.2 Å². The summed E-state index contributed by atoms with van der Waals surface area (Å²) in [4.78, 5) is 10.3. The highest BCUT2D eigenvalue weighted by atomic mass is 16.3. The molecule has 1 rings (SSSR count). The van der Waals surface area contributed by atoms with Crippen LogP contribution < -0.4 is 0 Å². The number of aldehydes is 1. The molecule has 0 spiro atoms. The molecule has 1 aromatic rings. The number of carbonyl (C=O) groups is 1. The molecule has 0 aliphatic rings. The van der Waals surface area contributed by atoms with E-state index in [1.165, 1.54) is 12.1 Å². The first kappa shape index (κ1) is 8.83. The lowest BCUT2D eigenvalue weighted by atomic mass is 10.1. The number of hydrogen-bond donors (Lipinski definition) is 1. The van der Waals surface area contributed by atoms with E-state index in [-0.39, 0.29) is 11.3 Å². The lowest BCUT2D eigenvalue weighted by Crippen LogP contribution is -1.82. The highest BCUT2D eigenvalue weighted by molar-refractivity contribution is 5.79. The van der Waals surface area contributed by atoms with E-state index in [0.29, 0.717) is 11.8 Å². The van der Waals surface area contributed by atoms with Crippen molar-refractivity contribution in [2.45, 2.75) is 0 Å². The van der Waals surface area contributed by atoms with Crippen molar-refractivity contribution < 1.29 is 9.90 Å². The molecule has 0 heterocycles. The Morgan fingerprint density at radius 2 is 2.23 bits per heavy atom. The minimum absolute atomic E-state index is 0.125. The Morgan fingerprint density at radius 3 is 2.77 bits per heavy atom. The maximum Gasteiger partial charge on any atom is 0.153 e. The lowest BCUT2D eigenvalue weighted by molar-refractivity contribution is 0.112. The number of phenolic OH excluding ortho intramolecular Hbond substituents is 1. The van der Waals surface area contributed by atoms with Crippen LogP contribution >= 0.6 is 0 Å². The van der Waals surface area contributed by atoms with Crippen LogP contribution in [-0.2, 0) is 0 Å². The van der Waals surface area contributed by atoms with E-state index >= 15 is 0 Å². The summed E-state index contributed by atoms with van der Waals surface area (Å²) in [6.07, 6.45) is 0.552. The summed E-state index contributed by atoms with van der Waals surface area (Å²) in [5.74, 6) is 4.56.